The molecule has 4 rings (SSSR count). The number of thiophene rings is 2. The Bertz CT molecular complexity index is 1160. The van der Waals surface area contributed by atoms with Crippen LogP contribution in [0.5, 0.6) is 0 Å². The highest BCUT2D eigenvalue weighted by molar-refractivity contribution is 7.20. The minimum absolute atomic E-state index is 0.163. The second-order valence-corrected chi connectivity index (χ2v) is 7.57. The Labute approximate surface area is 149 Å². The first-order valence-electron chi connectivity index (χ1n) is 7.43. The number of aromatic amines is 1. The molecular formula is C17H12FN3O2S2. The molecule has 1 N–H and O–H groups in total. The number of aromatic nitrogens is 2. The minimum atomic E-state index is -0.343. The largest absolute Gasteiger partial charge is 0.334 e. The molecule has 4 aromatic rings. The van der Waals surface area contributed by atoms with Crippen molar-refractivity contribution >= 4 is 48.9 Å². The van der Waals surface area contributed by atoms with E-state index in [0.717, 1.165) is 4.70 Å². The van der Waals surface area contributed by atoms with Crippen LogP contribution in [-0.4, -0.2) is 27.8 Å². The van der Waals surface area contributed by atoms with E-state index in [-0.39, 0.29) is 23.8 Å². The van der Waals surface area contributed by atoms with E-state index < -0.39 is 0 Å². The standard InChI is InChI=1S/C17H12FN3O2S2/c1-21(8-14-19-11-5-6-24-15(11)16(22)20-14)17(23)13-7-9-10(18)3-2-4-12(9)25-13/h2-7H,8H2,1H3,(H,19,20,22). The Balaban J connectivity index is 1.62. The molecule has 1 aromatic carbocycles. The van der Waals surface area contributed by atoms with Gasteiger partial charge in [0.05, 0.1) is 16.9 Å². The van der Waals surface area contributed by atoms with E-state index in [4.69, 9.17) is 0 Å². The molecule has 0 aliphatic heterocycles. The van der Waals surface area contributed by atoms with Gasteiger partial charge in [0.1, 0.15) is 16.3 Å². The molecule has 0 unspecified atom stereocenters. The molecule has 0 aliphatic carbocycles. The van der Waals surface area contributed by atoms with Gasteiger partial charge < -0.3 is 9.88 Å². The van der Waals surface area contributed by atoms with Gasteiger partial charge in [-0.2, -0.15) is 0 Å². The zero-order valence-electron chi connectivity index (χ0n) is 13.1. The first-order chi connectivity index (χ1) is 12.0. The van der Waals surface area contributed by atoms with E-state index in [1.807, 2.05) is 0 Å². The van der Waals surface area contributed by atoms with E-state index in [1.165, 1.54) is 33.6 Å². The van der Waals surface area contributed by atoms with Crippen LogP contribution in [0.3, 0.4) is 0 Å². The average Bonchev–Trinajstić information content (AvgIpc) is 3.21. The number of benzene rings is 1. The fourth-order valence-electron chi connectivity index (χ4n) is 2.61. The van der Waals surface area contributed by atoms with Gasteiger partial charge >= 0.3 is 0 Å². The molecule has 0 bridgehead atoms. The summed E-state index contributed by atoms with van der Waals surface area (Å²) >= 11 is 2.57. The van der Waals surface area contributed by atoms with Gasteiger partial charge in [-0.1, -0.05) is 6.07 Å². The molecule has 0 fully saturated rings. The van der Waals surface area contributed by atoms with Crippen molar-refractivity contribution in [1.29, 1.82) is 0 Å². The molecule has 0 saturated heterocycles. The molecule has 3 aromatic heterocycles. The Morgan fingerprint density at radius 3 is 3.00 bits per heavy atom. The second-order valence-electron chi connectivity index (χ2n) is 5.57. The van der Waals surface area contributed by atoms with Gasteiger partial charge in [0.15, 0.2) is 0 Å². The summed E-state index contributed by atoms with van der Waals surface area (Å²) in [5.41, 5.74) is 0.410. The predicted octanol–water partition coefficient (Wildman–Crippen LogP) is 3.61. The normalized spacial score (nSPS) is 11.3. The highest BCUT2D eigenvalue weighted by Crippen LogP contribution is 2.28. The van der Waals surface area contributed by atoms with E-state index in [2.05, 4.69) is 9.97 Å². The molecular weight excluding hydrogens is 361 g/mol. The van der Waals surface area contributed by atoms with Crippen LogP contribution in [0.1, 0.15) is 15.5 Å². The third-order valence-corrected chi connectivity index (χ3v) is 5.81. The molecule has 0 atom stereocenters. The zero-order chi connectivity index (χ0) is 17.6. The first-order valence-corrected chi connectivity index (χ1v) is 9.12. The lowest BCUT2D eigenvalue weighted by Crippen LogP contribution is -2.27. The third-order valence-electron chi connectivity index (χ3n) is 3.82. The van der Waals surface area contributed by atoms with Gasteiger partial charge in [-0.25, -0.2) is 9.37 Å². The number of nitrogens with zero attached hydrogens (tertiary/aromatic N) is 2. The van der Waals surface area contributed by atoms with Crippen molar-refractivity contribution in [2.75, 3.05) is 7.05 Å². The Hall–Kier alpha value is -2.58. The van der Waals surface area contributed by atoms with Gasteiger partial charge in [-0.15, -0.1) is 22.7 Å². The third kappa shape index (κ3) is 2.83. The molecule has 0 radical (unpaired) electrons. The number of hydrogen-bond acceptors (Lipinski definition) is 5. The quantitative estimate of drug-likeness (QED) is 0.597. The van der Waals surface area contributed by atoms with E-state index in [9.17, 15) is 14.0 Å². The molecule has 3 heterocycles. The van der Waals surface area contributed by atoms with Crippen LogP contribution in [0.15, 0.2) is 40.5 Å². The summed E-state index contributed by atoms with van der Waals surface area (Å²) in [6.45, 7) is 0.163. The summed E-state index contributed by atoms with van der Waals surface area (Å²) in [5.74, 6) is -0.169. The first kappa shape index (κ1) is 15.9. The molecule has 25 heavy (non-hydrogen) atoms. The van der Waals surface area contributed by atoms with Crippen molar-refractivity contribution in [2.24, 2.45) is 0 Å². The van der Waals surface area contributed by atoms with Crippen LogP contribution in [0.25, 0.3) is 20.3 Å². The molecule has 0 saturated carbocycles. The van der Waals surface area contributed by atoms with Crippen molar-refractivity contribution in [1.82, 2.24) is 14.9 Å². The van der Waals surface area contributed by atoms with E-state index in [1.54, 1.807) is 36.7 Å². The monoisotopic (exact) mass is 373 g/mol. The topological polar surface area (TPSA) is 66.1 Å². The Morgan fingerprint density at radius 2 is 2.20 bits per heavy atom. The SMILES string of the molecule is CN(Cc1nc2ccsc2c(=O)[nH]1)C(=O)c1cc2c(F)cccc2s1. The molecule has 5 nitrogen and oxygen atoms in total. The van der Waals surface area contributed by atoms with E-state index in [0.29, 0.717) is 26.3 Å². The maximum absolute atomic E-state index is 13.8. The van der Waals surface area contributed by atoms with Gasteiger partial charge in [-0.05, 0) is 29.6 Å². The van der Waals surface area contributed by atoms with Crippen LogP contribution in [-0.2, 0) is 6.54 Å². The molecule has 8 heteroatoms. The van der Waals surface area contributed by atoms with E-state index >= 15 is 0 Å². The van der Waals surface area contributed by atoms with Gasteiger partial charge in [0, 0.05) is 17.1 Å². The lowest BCUT2D eigenvalue weighted by molar-refractivity contribution is 0.0786. The molecule has 126 valence electrons. The summed E-state index contributed by atoms with van der Waals surface area (Å²) < 4.78 is 15.1. The second kappa shape index (κ2) is 6.05. The molecule has 0 spiro atoms. The number of hydrogen-bond donors (Lipinski definition) is 1. The summed E-state index contributed by atoms with van der Waals surface area (Å²) in [7, 11) is 1.63. The Morgan fingerprint density at radius 1 is 1.36 bits per heavy atom. The maximum Gasteiger partial charge on any atom is 0.268 e. The zero-order valence-corrected chi connectivity index (χ0v) is 14.7. The predicted molar refractivity (Wildman–Crippen MR) is 97.8 cm³/mol. The average molecular weight is 373 g/mol. The lowest BCUT2D eigenvalue weighted by Gasteiger charge is -2.15. The van der Waals surface area contributed by atoms with Crippen LogP contribution in [0, 0.1) is 5.82 Å². The van der Waals surface area contributed by atoms with Crippen molar-refractivity contribution in [3.63, 3.8) is 0 Å². The fourth-order valence-corrected chi connectivity index (χ4v) is 4.41. The molecule has 0 aliphatic rings. The van der Waals surface area contributed by atoms with Crippen molar-refractivity contribution in [2.45, 2.75) is 6.54 Å². The van der Waals surface area contributed by atoms with Crippen LogP contribution >= 0.6 is 22.7 Å². The highest BCUT2D eigenvalue weighted by atomic mass is 32.1. The maximum atomic E-state index is 13.8. The summed E-state index contributed by atoms with van der Waals surface area (Å²) in [4.78, 5) is 33.6. The number of rotatable bonds is 3. The number of fused-ring (bicyclic) bond motifs is 2. The number of carbonyl (C=O) groups is 1. The Kier molecular flexibility index (Phi) is 3.85. The minimum Gasteiger partial charge on any atom is -0.334 e. The van der Waals surface area contributed by atoms with Gasteiger partial charge in [0.25, 0.3) is 11.5 Å². The van der Waals surface area contributed by atoms with Crippen LogP contribution in [0.4, 0.5) is 4.39 Å². The van der Waals surface area contributed by atoms with Gasteiger partial charge in [0.2, 0.25) is 0 Å². The smallest absolute Gasteiger partial charge is 0.268 e. The number of nitrogens with one attached hydrogen (secondary N) is 1. The van der Waals surface area contributed by atoms with Crippen LogP contribution in [0.2, 0.25) is 0 Å². The number of halogens is 1. The van der Waals surface area contributed by atoms with Crippen molar-refractivity contribution in [3.05, 3.63) is 62.6 Å². The summed E-state index contributed by atoms with van der Waals surface area (Å²) in [6.07, 6.45) is 0. The molecule has 1 amide bonds. The fraction of sp³-hybridized carbons (Fsp3) is 0.118. The lowest BCUT2D eigenvalue weighted by atomic mass is 10.2. The van der Waals surface area contributed by atoms with Gasteiger partial charge in [-0.3, -0.25) is 9.59 Å². The number of amides is 1. The van der Waals surface area contributed by atoms with Crippen molar-refractivity contribution < 1.29 is 9.18 Å². The number of H-pyrrole nitrogens is 1. The summed E-state index contributed by atoms with van der Waals surface area (Å²) in [6, 6.07) is 8.11. The summed E-state index contributed by atoms with van der Waals surface area (Å²) in [5, 5.41) is 2.24. The van der Waals surface area contributed by atoms with Crippen molar-refractivity contribution in [3.8, 4) is 0 Å². The number of carbonyl (C=O) groups excluding carboxylic acids is 1. The van der Waals surface area contributed by atoms with Crippen LogP contribution < -0.4 is 5.56 Å². The highest BCUT2D eigenvalue weighted by Gasteiger charge is 2.17.